The Bertz CT molecular complexity index is 844. The molecule has 2 aromatic rings. The normalized spacial score (nSPS) is 19.8. The Morgan fingerprint density at radius 2 is 1.32 bits per heavy atom. The van der Waals surface area contributed by atoms with Crippen molar-refractivity contribution >= 4 is 12.7 Å². The second-order valence-corrected chi connectivity index (χ2v) is 10.3. The summed E-state index contributed by atoms with van der Waals surface area (Å²) in [5.74, 6) is 0. The molecule has 28 heavy (non-hydrogen) atoms. The van der Waals surface area contributed by atoms with Crippen LogP contribution in [0.3, 0.4) is 0 Å². The Morgan fingerprint density at radius 3 is 1.82 bits per heavy atom. The Balaban J connectivity index is 1.81. The summed E-state index contributed by atoms with van der Waals surface area (Å²) in [6.07, 6.45) is 0. The van der Waals surface area contributed by atoms with E-state index in [2.05, 4.69) is 65.0 Å². The number of hydrogen-bond acceptors (Lipinski definition) is 3. The van der Waals surface area contributed by atoms with Crippen molar-refractivity contribution in [2.75, 3.05) is 52.6 Å². The molecule has 3 heterocycles. The first-order valence-electron chi connectivity index (χ1n) is 10.0. The molecule has 0 spiro atoms. The van der Waals surface area contributed by atoms with Crippen LogP contribution in [0.4, 0.5) is 0 Å². The molecule has 0 saturated carbocycles. The highest BCUT2D eigenvalue weighted by molar-refractivity contribution is 7.67. The summed E-state index contributed by atoms with van der Waals surface area (Å²) in [7, 11) is -2.91. The van der Waals surface area contributed by atoms with Crippen LogP contribution in [0.25, 0.3) is 5.69 Å². The molecule has 4 rings (SSSR count). The minimum Gasteiger partial charge on any atom is -0.379 e. The number of benzene rings is 1. The van der Waals surface area contributed by atoms with Crippen molar-refractivity contribution in [3.63, 3.8) is 0 Å². The predicted molar refractivity (Wildman–Crippen MR) is 112 cm³/mol. The molecule has 0 N–H and O–H groups in total. The standard InChI is InChI=1S/C21H30N3O3P/c1-17-4-6-20(7-5-17)24-18(2)16-21(19(24)3)28(25,22-8-12-26-13-9-22)23-10-14-27-15-11-23/h4-7,16H,8-15H2,1-3H3. The predicted octanol–water partition coefficient (Wildman–Crippen LogP) is 2.89. The molecule has 1 aromatic heterocycles. The zero-order valence-electron chi connectivity index (χ0n) is 17.1. The number of nitrogens with zero attached hydrogens (tertiary/aromatic N) is 3. The highest BCUT2D eigenvalue weighted by Crippen LogP contribution is 2.53. The van der Waals surface area contributed by atoms with E-state index in [1.807, 2.05) is 0 Å². The summed E-state index contributed by atoms with van der Waals surface area (Å²) in [5, 5.41) is 0.953. The first-order chi connectivity index (χ1) is 13.5. The van der Waals surface area contributed by atoms with E-state index in [1.54, 1.807) is 0 Å². The van der Waals surface area contributed by atoms with Gasteiger partial charge in [-0.15, -0.1) is 0 Å². The van der Waals surface area contributed by atoms with Gasteiger partial charge in [0.25, 0.3) is 0 Å². The zero-order chi connectivity index (χ0) is 19.7. The first-order valence-corrected chi connectivity index (χ1v) is 11.7. The van der Waals surface area contributed by atoms with E-state index in [9.17, 15) is 4.57 Å². The van der Waals surface area contributed by atoms with Crippen molar-refractivity contribution in [2.24, 2.45) is 0 Å². The van der Waals surface area contributed by atoms with Crippen LogP contribution in [0.2, 0.25) is 0 Å². The van der Waals surface area contributed by atoms with E-state index in [4.69, 9.17) is 9.47 Å². The minimum absolute atomic E-state index is 0.630. The summed E-state index contributed by atoms with van der Waals surface area (Å²) in [6.45, 7) is 11.6. The third-order valence-electron chi connectivity index (χ3n) is 5.75. The molecule has 1 aromatic carbocycles. The Morgan fingerprint density at radius 1 is 0.821 bits per heavy atom. The van der Waals surface area contributed by atoms with Crippen LogP contribution in [-0.2, 0) is 14.0 Å². The van der Waals surface area contributed by atoms with Gasteiger partial charge in [-0.2, -0.15) is 0 Å². The fraction of sp³-hybridized carbons (Fsp3) is 0.524. The molecular weight excluding hydrogens is 373 g/mol. The molecular formula is C21H30N3O3P. The molecule has 2 fully saturated rings. The van der Waals surface area contributed by atoms with Crippen LogP contribution in [0.1, 0.15) is 17.0 Å². The van der Waals surface area contributed by atoms with Crippen molar-refractivity contribution in [2.45, 2.75) is 20.8 Å². The average Bonchev–Trinajstić information content (AvgIpc) is 3.04. The number of aryl methyl sites for hydroxylation is 2. The lowest BCUT2D eigenvalue weighted by atomic mass is 10.2. The lowest BCUT2D eigenvalue weighted by Crippen LogP contribution is -2.46. The van der Waals surface area contributed by atoms with Gasteiger partial charge in [0.05, 0.1) is 31.7 Å². The maximum atomic E-state index is 14.7. The first kappa shape index (κ1) is 19.9. The van der Waals surface area contributed by atoms with Gasteiger partial charge >= 0.3 is 0 Å². The summed E-state index contributed by atoms with van der Waals surface area (Å²) in [4.78, 5) is 0. The molecule has 2 saturated heterocycles. The van der Waals surface area contributed by atoms with Gasteiger partial charge in [-0.3, -0.25) is 4.57 Å². The topological polar surface area (TPSA) is 46.9 Å². The smallest absolute Gasteiger partial charge is 0.247 e. The van der Waals surface area contributed by atoms with Gasteiger partial charge in [0.2, 0.25) is 7.44 Å². The summed E-state index contributed by atoms with van der Waals surface area (Å²) < 4.78 is 32.4. The molecule has 152 valence electrons. The minimum atomic E-state index is -2.91. The van der Waals surface area contributed by atoms with E-state index in [-0.39, 0.29) is 0 Å². The van der Waals surface area contributed by atoms with Crippen LogP contribution < -0.4 is 5.30 Å². The van der Waals surface area contributed by atoms with Gasteiger partial charge in [0, 0.05) is 43.3 Å². The third-order valence-corrected chi connectivity index (χ3v) is 9.17. The molecule has 0 atom stereocenters. The maximum absolute atomic E-state index is 14.7. The third kappa shape index (κ3) is 3.49. The summed E-state index contributed by atoms with van der Waals surface area (Å²) >= 11 is 0. The number of rotatable bonds is 4. The molecule has 0 unspecified atom stereocenters. The molecule has 0 amide bonds. The SMILES string of the molecule is Cc1ccc(-n2c(C)cc(P(=O)(N3CCOCC3)N3CCOCC3)c2C)cc1. The van der Waals surface area contributed by atoms with E-state index >= 15 is 0 Å². The van der Waals surface area contributed by atoms with Crippen molar-refractivity contribution in [3.05, 3.63) is 47.3 Å². The highest BCUT2D eigenvalue weighted by Gasteiger charge is 2.42. The maximum Gasteiger partial charge on any atom is 0.247 e. The lowest BCUT2D eigenvalue weighted by Gasteiger charge is -2.42. The average molecular weight is 403 g/mol. The van der Waals surface area contributed by atoms with Crippen LogP contribution >= 0.6 is 7.44 Å². The van der Waals surface area contributed by atoms with Gasteiger partial charge in [0.1, 0.15) is 0 Å². The molecule has 0 aliphatic carbocycles. The van der Waals surface area contributed by atoms with Crippen LogP contribution in [0, 0.1) is 20.8 Å². The van der Waals surface area contributed by atoms with Gasteiger partial charge in [-0.05, 0) is 39.0 Å². The monoisotopic (exact) mass is 403 g/mol. The number of aromatic nitrogens is 1. The highest BCUT2D eigenvalue weighted by atomic mass is 31.2. The van der Waals surface area contributed by atoms with Crippen molar-refractivity contribution in [3.8, 4) is 5.69 Å². The van der Waals surface area contributed by atoms with Gasteiger partial charge in [-0.1, -0.05) is 17.7 Å². The Kier molecular flexibility index (Phi) is 5.77. The van der Waals surface area contributed by atoms with E-state index in [0.717, 1.165) is 22.4 Å². The van der Waals surface area contributed by atoms with Gasteiger partial charge in [0.15, 0.2) is 0 Å². The molecule has 2 aliphatic heterocycles. The van der Waals surface area contributed by atoms with Crippen molar-refractivity contribution in [1.82, 2.24) is 13.9 Å². The van der Waals surface area contributed by atoms with E-state index in [0.29, 0.717) is 52.6 Å². The molecule has 0 bridgehead atoms. The van der Waals surface area contributed by atoms with Crippen LogP contribution in [0.15, 0.2) is 30.3 Å². The second kappa shape index (κ2) is 8.13. The van der Waals surface area contributed by atoms with Crippen LogP contribution in [0.5, 0.6) is 0 Å². The van der Waals surface area contributed by atoms with Crippen molar-refractivity contribution in [1.29, 1.82) is 0 Å². The number of hydrogen-bond donors (Lipinski definition) is 0. The van der Waals surface area contributed by atoms with E-state index in [1.165, 1.54) is 5.56 Å². The van der Waals surface area contributed by atoms with E-state index < -0.39 is 7.44 Å². The van der Waals surface area contributed by atoms with Gasteiger partial charge in [-0.25, -0.2) is 9.34 Å². The molecule has 2 aliphatic rings. The quantitative estimate of drug-likeness (QED) is 0.735. The van der Waals surface area contributed by atoms with Crippen molar-refractivity contribution < 1.29 is 14.0 Å². The Labute approximate surface area is 167 Å². The fourth-order valence-electron chi connectivity index (χ4n) is 4.27. The largest absolute Gasteiger partial charge is 0.379 e. The zero-order valence-corrected chi connectivity index (χ0v) is 18.0. The fourth-order valence-corrected chi connectivity index (χ4v) is 7.52. The number of ether oxygens (including phenoxy) is 2. The molecule has 7 heteroatoms. The van der Waals surface area contributed by atoms with Crippen LogP contribution in [-0.4, -0.2) is 66.5 Å². The molecule has 6 nitrogen and oxygen atoms in total. The lowest BCUT2D eigenvalue weighted by molar-refractivity contribution is 0.0538. The summed E-state index contributed by atoms with van der Waals surface area (Å²) in [6, 6.07) is 10.6. The summed E-state index contributed by atoms with van der Waals surface area (Å²) in [5.41, 5.74) is 4.52. The molecule has 0 radical (unpaired) electrons. The number of morpholine rings is 2. The van der Waals surface area contributed by atoms with Gasteiger partial charge < -0.3 is 14.0 Å². The Hall–Kier alpha value is -1.43. The second-order valence-electron chi connectivity index (χ2n) is 7.60.